The molecule has 3 nitrogen and oxygen atoms in total. The zero-order chi connectivity index (χ0) is 19.6. The van der Waals surface area contributed by atoms with Crippen molar-refractivity contribution < 1.29 is 19.2 Å². The van der Waals surface area contributed by atoms with Gasteiger partial charge < -0.3 is 14.8 Å². The fraction of sp³-hybridized carbons (Fsp3) is 0.250. The zero-order valence-corrected chi connectivity index (χ0v) is 16.2. The van der Waals surface area contributed by atoms with E-state index in [4.69, 9.17) is 9.47 Å². The number of quaternary nitrogens is 1. The molecule has 3 aromatic rings. The van der Waals surface area contributed by atoms with Crippen molar-refractivity contribution in [2.75, 3.05) is 13.2 Å². The molecule has 0 radical (unpaired) electrons. The third-order valence-electron chi connectivity index (χ3n) is 4.50. The van der Waals surface area contributed by atoms with Crippen molar-refractivity contribution in [2.24, 2.45) is 0 Å². The number of rotatable bonds is 10. The van der Waals surface area contributed by atoms with Crippen LogP contribution in [0.1, 0.15) is 23.6 Å². The van der Waals surface area contributed by atoms with E-state index in [0.29, 0.717) is 13.2 Å². The number of nitrogens with two attached hydrogens (primary N) is 1. The Morgan fingerprint density at radius 3 is 2.36 bits per heavy atom. The van der Waals surface area contributed by atoms with E-state index < -0.39 is 0 Å². The number of halogens is 1. The molecular weight excluding hydrogens is 353 g/mol. The van der Waals surface area contributed by atoms with Crippen LogP contribution in [0.15, 0.2) is 72.8 Å². The highest BCUT2D eigenvalue weighted by Crippen LogP contribution is 2.31. The van der Waals surface area contributed by atoms with Gasteiger partial charge in [0.15, 0.2) is 11.5 Å². The summed E-state index contributed by atoms with van der Waals surface area (Å²) in [7, 11) is 0. The lowest BCUT2D eigenvalue weighted by atomic mass is 10.1. The van der Waals surface area contributed by atoms with Crippen LogP contribution in [0.3, 0.4) is 0 Å². The van der Waals surface area contributed by atoms with Crippen molar-refractivity contribution in [2.45, 2.75) is 26.5 Å². The van der Waals surface area contributed by atoms with Gasteiger partial charge >= 0.3 is 0 Å². The fourth-order valence-electron chi connectivity index (χ4n) is 3.06. The van der Waals surface area contributed by atoms with Crippen molar-refractivity contribution in [3.8, 4) is 11.5 Å². The molecule has 0 aromatic heterocycles. The van der Waals surface area contributed by atoms with Gasteiger partial charge in [0.1, 0.15) is 19.0 Å². The molecule has 0 saturated carbocycles. The maximum Gasteiger partial charge on any atom is 0.170 e. The first-order chi connectivity index (χ1) is 13.8. The van der Waals surface area contributed by atoms with Gasteiger partial charge in [-0.1, -0.05) is 48.5 Å². The molecule has 146 valence electrons. The number of hydrogen-bond acceptors (Lipinski definition) is 2. The van der Waals surface area contributed by atoms with Crippen LogP contribution in [0, 0.1) is 5.82 Å². The van der Waals surface area contributed by atoms with Crippen LogP contribution in [0.25, 0.3) is 0 Å². The molecule has 0 aliphatic carbocycles. The minimum Gasteiger partial charge on any atom is -0.490 e. The Kier molecular flexibility index (Phi) is 7.44. The molecule has 0 spiro atoms. The molecule has 3 rings (SSSR count). The molecule has 2 N–H and O–H groups in total. The first kappa shape index (κ1) is 19.9. The van der Waals surface area contributed by atoms with E-state index in [1.54, 1.807) is 0 Å². The normalized spacial score (nSPS) is 10.6. The van der Waals surface area contributed by atoms with E-state index in [1.807, 2.05) is 49.4 Å². The molecule has 0 heterocycles. The van der Waals surface area contributed by atoms with Crippen LogP contribution < -0.4 is 14.8 Å². The molecule has 28 heavy (non-hydrogen) atoms. The first-order valence-corrected chi connectivity index (χ1v) is 9.73. The molecule has 0 saturated heterocycles. The lowest BCUT2D eigenvalue weighted by Gasteiger charge is -2.15. The van der Waals surface area contributed by atoms with E-state index in [0.717, 1.165) is 47.7 Å². The Labute approximate surface area is 166 Å². The minimum atomic E-state index is -0.194. The van der Waals surface area contributed by atoms with Crippen LogP contribution in [0.5, 0.6) is 11.5 Å². The van der Waals surface area contributed by atoms with E-state index >= 15 is 0 Å². The largest absolute Gasteiger partial charge is 0.490 e. The molecule has 0 aliphatic rings. The number of ether oxygens (including phenoxy) is 2. The van der Waals surface area contributed by atoms with Crippen molar-refractivity contribution in [1.82, 2.24) is 0 Å². The van der Waals surface area contributed by atoms with Gasteiger partial charge in [-0.25, -0.2) is 4.39 Å². The molecule has 0 aliphatic heterocycles. The third kappa shape index (κ3) is 5.83. The standard InChI is InChI=1S/C24H26FNO2/c1-2-27-23-10-6-9-21(24(23)28-18-20-7-4-3-5-8-20)17-26-16-15-19-11-13-22(25)14-12-19/h3-14,26H,2,15-18H2,1H3/p+1. The van der Waals surface area contributed by atoms with Crippen LogP contribution in [0.4, 0.5) is 4.39 Å². The molecule has 0 atom stereocenters. The Bertz CT molecular complexity index is 850. The van der Waals surface area contributed by atoms with Crippen molar-refractivity contribution >= 4 is 0 Å². The van der Waals surface area contributed by atoms with Gasteiger partial charge in [0.25, 0.3) is 0 Å². The Hall–Kier alpha value is -2.85. The SMILES string of the molecule is CCOc1cccc(C[NH2+]CCc2ccc(F)cc2)c1OCc1ccccc1. The minimum absolute atomic E-state index is 0.194. The molecule has 3 aromatic carbocycles. The third-order valence-corrected chi connectivity index (χ3v) is 4.50. The summed E-state index contributed by atoms with van der Waals surface area (Å²) in [5.41, 5.74) is 3.38. The quantitative estimate of drug-likeness (QED) is 0.537. The van der Waals surface area contributed by atoms with Crippen LogP contribution in [-0.4, -0.2) is 13.2 Å². The average Bonchev–Trinajstić information content (AvgIpc) is 2.73. The van der Waals surface area contributed by atoms with Crippen molar-refractivity contribution in [3.05, 3.63) is 95.3 Å². The van der Waals surface area contributed by atoms with Crippen LogP contribution >= 0.6 is 0 Å². The zero-order valence-electron chi connectivity index (χ0n) is 16.2. The Morgan fingerprint density at radius 1 is 0.821 bits per heavy atom. The summed E-state index contributed by atoms with van der Waals surface area (Å²) in [6, 6.07) is 22.9. The molecule has 0 amide bonds. The number of benzene rings is 3. The van der Waals surface area contributed by atoms with Gasteiger partial charge in [0.05, 0.1) is 18.7 Å². The van der Waals surface area contributed by atoms with Crippen molar-refractivity contribution in [3.63, 3.8) is 0 Å². The highest BCUT2D eigenvalue weighted by molar-refractivity contribution is 5.46. The van der Waals surface area contributed by atoms with Crippen LogP contribution in [-0.2, 0) is 19.6 Å². The van der Waals surface area contributed by atoms with E-state index in [1.165, 1.54) is 12.1 Å². The molecule has 0 fully saturated rings. The highest BCUT2D eigenvalue weighted by atomic mass is 19.1. The van der Waals surface area contributed by atoms with E-state index in [-0.39, 0.29) is 5.82 Å². The second-order valence-corrected chi connectivity index (χ2v) is 6.61. The topological polar surface area (TPSA) is 35.1 Å². The van der Waals surface area contributed by atoms with Gasteiger partial charge in [-0.15, -0.1) is 0 Å². The summed E-state index contributed by atoms with van der Waals surface area (Å²) in [5.74, 6) is 1.40. The molecule has 4 heteroatoms. The summed E-state index contributed by atoms with van der Waals surface area (Å²) in [4.78, 5) is 0. The number of para-hydroxylation sites is 1. The second kappa shape index (κ2) is 10.5. The predicted octanol–water partition coefficient (Wildman–Crippen LogP) is 4.11. The lowest BCUT2D eigenvalue weighted by molar-refractivity contribution is -0.670. The van der Waals surface area contributed by atoms with Gasteiger partial charge in [-0.2, -0.15) is 0 Å². The first-order valence-electron chi connectivity index (χ1n) is 9.73. The lowest BCUT2D eigenvalue weighted by Crippen LogP contribution is -2.83. The van der Waals surface area contributed by atoms with Crippen molar-refractivity contribution in [1.29, 1.82) is 0 Å². The monoisotopic (exact) mass is 380 g/mol. The summed E-state index contributed by atoms with van der Waals surface area (Å²) in [5, 5.41) is 2.24. The molecular formula is C24H27FNO2+. The summed E-state index contributed by atoms with van der Waals surface area (Å²) >= 11 is 0. The summed E-state index contributed by atoms with van der Waals surface area (Å²) < 4.78 is 24.9. The summed E-state index contributed by atoms with van der Waals surface area (Å²) in [6.07, 6.45) is 0.894. The van der Waals surface area contributed by atoms with Gasteiger partial charge in [0.2, 0.25) is 0 Å². The fourth-order valence-corrected chi connectivity index (χ4v) is 3.06. The smallest absolute Gasteiger partial charge is 0.170 e. The summed E-state index contributed by atoms with van der Waals surface area (Å²) in [6.45, 7) is 4.80. The van der Waals surface area contributed by atoms with Gasteiger partial charge in [0, 0.05) is 6.42 Å². The molecule has 0 bridgehead atoms. The van der Waals surface area contributed by atoms with Gasteiger partial charge in [-0.3, -0.25) is 0 Å². The Morgan fingerprint density at radius 2 is 1.61 bits per heavy atom. The van der Waals surface area contributed by atoms with Crippen LogP contribution in [0.2, 0.25) is 0 Å². The maximum absolute atomic E-state index is 13.0. The van der Waals surface area contributed by atoms with E-state index in [9.17, 15) is 4.39 Å². The Balaban J connectivity index is 1.62. The average molecular weight is 380 g/mol. The second-order valence-electron chi connectivity index (χ2n) is 6.61. The highest BCUT2D eigenvalue weighted by Gasteiger charge is 2.13. The molecule has 0 unspecified atom stereocenters. The predicted molar refractivity (Wildman–Crippen MR) is 109 cm³/mol. The van der Waals surface area contributed by atoms with E-state index in [2.05, 4.69) is 23.5 Å². The maximum atomic E-state index is 13.0. The van der Waals surface area contributed by atoms with Gasteiger partial charge in [-0.05, 0) is 42.3 Å². The number of hydrogen-bond donors (Lipinski definition) is 1.